The largest absolute Gasteiger partial charge is 0.350 e. The number of rotatable bonds is 8. The first-order chi connectivity index (χ1) is 16.0. The Hall–Kier alpha value is -3.58. The number of anilines is 1. The van der Waals surface area contributed by atoms with Crippen LogP contribution in [0.3, 0.4) is 0 Å². The maximum Gasteiger partial charge on any atom is 0.254 e. The zero-order chi connectivity index (χ0) is 23.2. The van der Waals surface area contributed by atoms with Crippen LogP contribution in [0.1, 0.15) is 15.9 Å². The summed E-state index contributed by atoms with van der Waals surface area (Å²) in [5, 5.41) is 6.74. The zero-order valence-electron chi connectivity index (χ0n) is 18.2. The van der Waals surface area contributed by atoms with Crippen LogP contribution in [0.25, 0.3) is 10.9 Å². The lowest BCUT2D eigenvalue weighted by Gasteiger charge is -2.08. The molecule has 0 saturated heterocycles. The van der Waals surface area contributed by atoms with E-state index in [9.17, 15) is 14.0 Å². The summed E-state index contributed by atoms with van der Waals surface area (Å²) in [6.45, 7) is 2.88. The van der Waals surface area contributed by atoms with E-state index in [4.69, 9.17) is 0 Å². The third-order valence-electron chi connectivity index (χ3n) is 5.20. The molecule has 0 aliphatic carbocycles. The second kappa shape index (κ2) is 10.4. The predicted octanol–water partition coefficient (Wildman–Crippen LogP) is 5.25. The highest BCUT2D eigenvalue weighted by Crippen LogP contribution is 2.30. The van der Waals surface area contributed by atoms with Gasteiger partial charge < -0.3 is 15.2 Å². The number of thioether (sulfide) groups is 1. The van der Waals surface area contributed by atoms with Crippen molar-refractivity contribution in [3.63, 3.8) is 0 Å². The number of nitrogens with zero attached hydrogens (tertiary/aromatic N) is 1. The summed E-state index contributed by atoms with van der Waals surface area (Å²) >= 11 is 1.47. The summed E-state index contributed by atoms with van der Waals surface area (Å²) in [5.74, 6) is -0.764. The Kier molecular flexibility index (Phi) is 7.10. The van der Waals surface area contributed by atoms with Gasteiger partial charge in [-0.05, 0) is 37.3 Å². The number of hydrogen-bond acceptors (Lipinski definition) is 3. The number of aryl methyl sites for hydroxylation is 1. The Morgan fingerprint density at radius 2 is 1.70 bits per heavy atom. The first-order valence-electron chi connectivity index (χ1n) is 10.6. The van der Waals surface area contributed by atoms with E-state index in [1.54, 1.807) is 12.1 Å². The monoisotopic (exact) mass is 461 g/mol. The highest BCUT2D eigenvalue weighted by atomic mass is 32.2. The molecule has 0 aliphatic heterocycles. The molecule has 0 aliphatic rings. The van der Waals surface area contributed by atoms with Gasteiger partial charge in [-0.1, -0.05) is 48.0 Å². The number of benzene rings is 3. The molecule has 0 bridgehead atoms. The van der Waals surface area contributed by atoms with Crippen LogP contribution in [0.2, 0.25) is 0 Å². The molecule has 168 valence electrons. The minimum Gasteiger partial charge on any atom is -0.350 e. The smallest absolute Gasteiger partial charge is 0.254 e. The molecule has 0 radical (unpaired) electrons. The van der Waals surface area contributed by atoms with Crippen molar-refractivity contribution >= 4 is 40.2 Å². The Labute approximate surface area is 196 Å². The topological polar surface area (TPSA) is 63.1 Å². The summed E-state index contributed by atoms with van der Waals surface area (Å²) in [6, 6.07) is 21.6. The lowest BCUT2D eigenvalue weighted by Crippen LogP contribution is -2.27. The zero-order valence-corrected chi connectivity index (χ0v) is 19.0. The molecule has 2 amide bonds. The minimum atomic E-state index is -0.538. The summed E-state index contributed by atoms with van der Waals surface area (Å²) in [5.41, 5.74) is 2.96. The van der Waals surface area contributed by atoms with E-state index in [1.807, 2.05) is 66.2 Å². The summed E-state index contributed by atoms with van der Waals surface area (Å²) in [7, 11) is 0. The van der Waals surface area contributed by atoms with E-state index in [-0.39, 0.29) is 17.2 Å². The first-order valence-corrected chi connectivity index (χ1v) is 11.6. The maximum atomic E-state index is 13.8. The van der Waals surface area contributed by atoms with Crippen molar-refractivity contribution in [2.75, 3.05) is 17.6 Å². The van der Waals surface area contributed by atoms with Gasteiger partial charge in [-0.25, -0.2) is 4.39 Å². The number of halogens is 1. The molecule has 7 heteroatoms. The third kappa shape index (κ3) is 5.62. The van der Waals surface area contributed by atoms with Crippen molar-refractivity contribution in [1.82, 2.24) is 9.88 Å². The van der Waals surface area contributed by atoms with Gasteiger partial charge in [-0.2, -0.15) is 0 Å². The average Bonchev–Trinajstić information content (AvgIpc) is 3.17. The number of carbonyl (C=O) groups is 2. The molecule has 1 aromatic heterocycles. The van der Waals surface area contributed by atoms with E-state index in [0.29, 0.717) is 13.1 Å². The second-order valence-corrected chi connectivity index (χ2v) is 8.66. The number of aromatic nitrogens is 1. The Bertz CT molecular complexity index is 1280. The molecule has 0 fully saturated rings. The summed E-state index contributed by atoms with van der Waals surface area (Å²) in [6.07, 6.45) is 1.99. The van der Waals surface area contributed by atoms with Crippen molar-refractivity contribution in [2.45, 2.75) is 18.4 Å². The van der Waals surface area contributed by atoms with Crippen LogP contribution >= 0.6 is 11.8 Å². The molecular formula is C26H24FN3O2S. The van der Waals surface area contributed by atoms with Crippen LogP contribution in [0, 0.1) is 12.7 Å². The number of para-hydroxylation sites is 1. The van der Waals surface area contributed by atoms with Crippen LogP contribution in [-0.2, 0) is 11.3 Å². The number of hydrogen-bond donors (Lipinski definition) is 2. The molecular weight excluding hydrogens is 437 g/mol. The maximum absolute atomic E-state index is 13.8. The first kappa shape index (κ1) is 22.6. The second-order valence-electron chi connectivity index (χ2n) is 7.64. The highest BCUT2D eigenvalue weighted by molar-refractivity contribution is 8.00. The van der Waals surface area contributed by atoms with Crippen molar-refractivity contribution in [3.05, 3.63) is 95.9 Å². The van der Waals surface area contributed by atoms with Crippen molar-refractivity contribution < 1.29 is 14.0 Å². The Morgan fingerprint density at radius 3 is 2.48 bits per heavy atom. The fourth-order valence-electron chi connectivity index (χ4n) is 3.52. The van der Waals surface area contributed by atoms with Gasteiger partial charge in [0.05, 0.1) is 11.3 Å². The quantitative estimate of drug-likeness (QED) is 0.352. The minimum absolute atomic E-state index is 0.0331. The lowest BCUT2D eigenvalue weighted by atomic mass is 10.2. The van der Waals surface area contributed by atoms with E-state index in [0.717, 1.165) is 27.0 Å². The van der Waals surface area contributed by atoms with Crippen LogP contribution in [-0.4, -0.2) is 28.7 Å². The van der Waals surface area contributed by atoms with Crippen LogP contribution in [0.5, 0.6) is 0 Å². The number of fused-ring (bicyclic) bond motifs is 1. The third-order valence-corrected chi connectivity index (χ3v) is 6.25. The standard InChI is InChI=1S/C26H24FN3O2S/c1-18-10-12-19(13-11-18)29-25(31)17-33-24-16-30(23-9-5-3-7-21(23)24)15-14-28-26(32)20-6-2-4-8-22(20)27/h2-13,16H,14-15,17H2,1H3,(H,28,32)(H,29,31). The van der Waals surface area contributed by atoms with Crippen molar-refractivity contribution in [1.29, 1.82) is 0 Å². The lowest BCUT2D eigenvalue weighted by molar-refractivity contribution is -0.113. The molecule has 0 unspecified atom stereocenters. The predicted molar refractivity (Wildman–Crippen MR) is 131 cm³/mol. The van der Waals surface area contributed by atoms with Gasteiger partial charge in [0.15, 0.2) is 0 Å². The number of carbonyl (C=O) groups excluding carboxylic acids is 2. The van der Waals surface area contributed by atoms with Gasteiger partial charge in [-0.15, -0.1) is 11.8 Å². The fourth-order valence-corrected chi connectivity index (χ4v) is 4.41. The fraction of sp³-hybridized carbons (Fsp3) is 0.154. The molecule has 2 N–H and O–H groups in total. The Morgan fingerprint density at radius 1 is 0.970 bits per heavy atom. The Balaban J connectivity index is 1.39. The van der Waals surface area contributed by atoms with Crippen molar-refractivity contribution in [3.8, 4) is 0 Å². The van der Waals surface area contributed by atoms with Gasteiger partial charge in [0, 0.05) is 40.8 Å². The number of nitrogens with one attached hydrogen (secondary N) is 2. The van der Waals surface area contributed by atoms with Crippen LogP contribution in [0.4, 0.5) is 10.1 Å². The molecule has 4 aromatic rings. The molecule has 0 saturated carbocycles. The normalized spacial score (nSPS) is 10.8. The molecule has 33 heavy (non-hydrogen) atoms. The summed E-state index contributed by atoms with van der Waals surface area (Å²) < 4.78 is 15.8. The highest BCUT2D eigenvalue weighted by Gasteiger charge is 2.13. The van der Waals surface area contributed by atoms with E-state index < -0.39 is 11.7 Å². The molecule has 3 aromatic carbocycles. The molecule has 0 atom stereocenters. The summed E-state index contributed by atoms with van der Waals surface area (Å²) in [4.78, 5) is 25.7. The van der Waals surface area contributed by atoms with E-state index in [1.165, 1.54) is 23.9 Å². The van der Waals surface area contributed by atoms with Gasteiger partial charge in [0.1, 0.15) is 5.82 Å². The molecule has 1 heterocycles. The molecule has 4 rings (SSSR count). The van der Waals surface area contributed by atoms with Crippen LogP contribution in [0.15, 0.2) is 83.9 Å². The van der Waals surface area contributed by atoms with Gasteiger partial charge in [-0.3, -0.25) is 9.59 Å². The van der Waals surface area contributed by atoms with Gasteiger partial charge in [0.2, 0.25) is 5.91 Å². The van der Waals surface area contributed by atoms with E-state index >= 15 is 0 Å². The molecule has 0 spiro atoms. The van der Waals surface area contributed by atoms with Crippen molar-refractivity contribution in [2.24, 2.45) is 0 Å². The number of amides is 2. The van der Waals surface area contributed by atoms with E-state index in [2.05, 4.69) is 10.6 Å². The van der Waals surface area contributed by atoms with Gasteiger partial charge >= 0.3 is 0 Å². The van der Waals surface area contributed by atoms with Crippen LogP contribution < -0.4 is 10.6 Å². The SMILES string of the molecule is Cc1ccc(NC(=O)CSc2cn(CCNC(=O)c3ccccc3F)c3ccccc23)cc1. The van der Waals surface area contributed by atoms with Gasteiger partial charge in [0.25, 0.3) is 5.91 Å². The molecule has 5 nitrogen and oxygen atoms in total. The average molecular weight is 462 g/mol.